The van der Waals surface area contributed by atoms with E-state index in [0.29, 0.717) is 0 Å². The van der Waals surface area contributed by atoms with E-state index in [9.17, 15) is 0 Å². The van der Waals surface area contributed by atoms with E-state index in [4.69, 9.17) is 9.72 Å². The molecule has 5 nitrogen and oxygen atoms in total. The van der Waals surface area contributed by atoms with Crippen LogP contribution < -0.4 is 4.74 Å². The number of hydrogen-bond acceptors (Lipinski definition) is 3. The molecule has 7 aromatic rings. The van der Waals surface area contributed by atoms with Crippen LogP contribution >= 0.6 is 0 Å². The Labute approximate surface area is 271 Å². The largest absolute Gasteiger partial charge is 0.457 e. The smallest absolute Gasteiger partial charge is 0.137 e. The van der Waals surface area contributed by atoms with Gasteiger partial charge in [0.05, 0.1) is 22.4 Å². The van der Waals surface area contributed by atoms with E-state index in [1.165, 1.54) is 22.1 Å². The molecule has 0 atom stereocenters. The Morgan fingerprint density at radius 1 is 0.609 bits per heavy atom. The number of benzene rings is 4. The summed E-state index contributed by atoms with van der Waals surface area (Å²) in [6.07, 6.45) is 1.92. The zero-order chi connectivity index (χ0) is 32.2. The lowest BCUT2D eigenvalue weighted by Gasteiger charge is -2.26. The second-order valence-corrected chi connectivity index (χ2v) is 13.8. The summed E-state index contributed by atoms with van der Waals surface area (Å²) in [5.41, 5.74) is 8.83. The number of nitrogens with zero attached hydrogens (tertiary/aromatic N) is 4. The lowest BCUT2D eigenvalue weighted by Crippen LogP contribution is -2.18. The number of hydrogen-bond donors (Lipinski definition) is 0. The fourth-order valence-electron chi connectivity index (χ4n) is 6.43. The molecule has 5 heteroatoms. The van der Waals surface area contributed by atoms with Crippen molar-refractivity contribution in [1.82, 2.24) is 19.3 Å². The Bertz CT molecular complexity index is 2210. The molecule has 0 amide bonds. The van der Waals surface area contributed by atoms with Gasteiger partial charge in [-0.2, -0.15) is 5.10 Å². The molecular weight excluding hydrogens is 564 g/mol. The maximum atomic E-state index is 6.52. The summed E-state index contributed by atoms with van der Waals surface area (Å²) in [5.74, 6) is 2.41. The van der Waals surface area contributed by atoms with Gasteiger partial charge < -0.3 is 4.74 Å². The lowest BCUT2D eigenvalue weighted by molar-refractivity contribution is 0.482. The first-order chi connectivity index (χ1) is 22.0. The zero-order valence-electron chi connectivity index (χ0n) is 27.7. The van der Waals surface area contributed by atoms with Crippen LogP contribution in [-0.2, 0) is 10.8 Å². The van der Waals surface area contributed by atoms with Gasteiger partial charge in [-0.3, -0.25) is 4.57 Å². The first-order valence-corrected chi connectivity index (χ1v) is 15.9. The highest BCUT2D eigenvalue weighted by atomic mass is 16.5. The van der Waals surface area contributed by atoms with Gasteiger partial charge in [-0.15, -0.1) is 0 Å². The molecule has 0 bridgehead atoms. The summed E-state index contributed by atoms with van der Waals surface area (Å²) in [5, 5.41) is 7.01. The lowest BCUT2D eigenvalue weighted by atomic mass is 9.78. The highest BCUT2D eigenvalue weighted by Crippen LogP contribution is 2.39. The van der Waals surface area contributed by atoms with Crippen LogP contribution in [0.5, 0.6) is 11.5 Å². The van der Waals surface area contributed by atoms with E-state index in [1.54, 1.807) is 0 Å². The molecule has 0 fully saturated rings. The van der Waals surface area contributed by atoms with Crippen molar-refractivity contribution < 1.29 is 4.74 Å². The Kier molecular flexibility index (Phi) is 7.08. The molecule has 4 aromatic carbocycles. The zero-order valence-corrected chi connectivity index (χ0v) is 27.7. The van der Waals surface area contributed by atoms with Gasteiger partial charge in [0, 0.05) is 40.2 Å². The van der Waals surface area contributed by atoms with E-state index in [1.807, 2.05) is 36.0 Å². The number of fused-ring (bicyclic) bond motifs is 3. The molecule has 0 radical (unpaired) electrons. The van der Waals surface area contributed by atoms with Gasteiger partial charge in [-0.25, -0.2) is 9.67 Å². The maximum Gasteiger partial charge on any atom is 0.137 e. The third kappa shape index (κ3) is 5.26. The van der Waals surface area contributed by atoms with E-state index >= 15 is 0 Å². The van der Waals surface area contributed by atoms with Gasteiger partial charge >= 0.3 is 0 Å². The minimum absolute atomic E-state index is 0.00587. The normalized spacial score (nSPS) is 12.2. The van der Waals surface area contributed by atoms with Crippen LogP contribution in [0.2, 0.25) is 0 Å². The van der Waals surface area contributed by atoms with Crippen molar-refractivity contribution in [2.45, 2.75) is 59.3 Å². The standard InChI is InChI=1S/C41H40N4O/c1-27-22-28(2)45(43-27)32-14-11-15-33(25-32)46-34-17-18-35-36-23-31(41(6,7)29-12-9-8-10-13-29)16-19-37(36)44(38(35)26-34)39-24-30(20-21-42-39)40(3,4)5/h8-26H,1-7H3. The van der Waals surface area contributed by atoms with Crippen molar-refractivity contribution in [3.05, 3.63) is 143 Å². The third-order valence-electron chi connectivity index (χ3n) is 9.10. The molecule has 3 aromatic heterocycles. The van der Waals surface area contributed by atoms with Crippen LogP contribution in [0.4, 0.5) is 0 Å². The monoisotopic (exact) mass is 604 g/mol. The van der Waals surface area contributed by atoms with Gasteiger partial charge in [0.15, 0.2) is 0 Å². The topological polar surface area (TPSA) is 44.9 Å². The minimum atomic E-state index is -0.159. The van der Waals surface area contributed by atoms with Crippen molar-refractivity contribution in [2.75, 3.05) is 0 Å². The van der Waals surface area contributed by atoms with Gasteiger partial charge in [-0.1, -0.05) is 77.1 Å². The van der Waals surface area contributed by atoms with Gasteiger partial charge in [-0.05, 0) is 90.6 Å². The second-order valence-electron chi connectivity index (χ2n) is 13.8. The summed E-state index contributed by atoms with van der Waals surface area (Å²) in [7, 11) is 0. The van der Waals surface area contributed by atoms with Crippen LogP contribution in [-0.4, -0.2) is 19.3 Å². The number of ether oxygens (including phenoxy) is 1. The first-order valence-electron chi connectivity index (χ1n) is 15.9. The molecular formula is C41H40N4O. The van der Waals surface area contributed by atoms with Crippen molar-refractivity contribution in [3.63, 3.8) is 0 Å². The molecule has 230 valence electrons. The predicted molar refractivity (Wildman–Crippen MR) is 189 cm³/mol. The van der Waals surface area contributed by atoms with Crippen molar-refractivity contribution >= 4 is 21.8 Å². The average Bonchev–Trinajstić information content (AvgIpc) is 3.56. The van der Waals surface area contributed by atoms with E-state index in [-0.39, 0.29) is 10.8 Å². The third-order valence-corrected chi connectivity index (χ3v) is 9.10. The van der Waals surface area contributed by atoms with Crippen LogP contribution in [0, 0.1) is 13.8 Å². The molecule has 0 saturated heterocycles. The van der Waals surface area contributed by atoms with E-state index in [0.717, 1.165) is 50.8 Å². The Hall–Kier alpha value is -5.16. The van der Waals surface area contributed by atoms with E-state index in [2.05, 4.69) is 142 Å². The molecule has 0 spiro atoms. The van der Waals surface area contributed by atoms with E-state index < -0.39 is 0 Å². The number of aromatic nitrogens is 4. The minimum Gasteiger partial charge on any atom is -0.457 e. The highest BCUT2D eigenvalue weighted by molar-refractivity contribution is 6.09. The van der Waals surface area contributed by atoms with Crippen molar-refractivity contribution in [2.24, 2.45) is 0 Å². The van der Waals surface area contributed by atoms with Crippen LogP contribution in [0.25, 0.3) is 33.3 Å². The molecule has 0 aliphatic carbocycles. The van der Waals surface area contributed by atoms with Crippen LogP contribution in [0.3, 0.4) is 0 Å². The average molecular weight is 605 g/mol. The SMILES string of the molecule is Cc1cc(C)n(-c2cccc(Oc3ccc4c5cc(C(C)(C)c6ccccc6)ccc5n(-c5cc(C(C)(C)C)ccn5)c4c3)c2)n1. The Morgan fingerprint density at radius 3 is 2.13 bits per heavy atom. The van der Waals surface area contributed by atoms with Crippen molar-refractivity contribution in [1.29, 1.82) is 0 Å². The molecule has 46 heavy (non-hydrogen) atoms. The predicted octanol–water partition coefficient (Wildman–Crippen LogP) is 10.4. The van der Waals surface area contributed by atoms with Crippen molar-refractivity contribution in [3.8, 4) is 23.0 Å². The molecule has 0 aliphatic rings. The van der Waals surface area contributed by atoms with Gasteiger partial charge in [0.25, 0.3) is 0 Å². The fraction of sp³-hybridized carbons (Fsp3) is 0.220. The van der Waals surface area contributed by atoms with Gasteiger partial charge in [0.1, 0.15) is 17.3 Å². The summed E-state index contributed by atoms with van der Waals surface area (Å²) < 4.78 is 10.7. The summed E-state index contributed by atoms with van der Waals surface area (Å²) in [4.78, 5) is 4.90. The molecule has 0 unspecified atom stereocenters. The van der Waals surface area contributed by atoms with Crippen LogP contribution in [0.15, 0.2) is 115 Å². The van der Waals surface area contributed by atoms with Gasteiger partial charge in [0.2, 0.25) is 0 Å². The molecule has 3 heterocycles. The highest BCUT2D eigenvalue weighted by Gasteiger charge is 2.25. The summed E-state index contributed by atoms with van der Waals surface area (Å²) >= 11 is 0. The quantitative estimate of drug-likeness (QED) is 0.190. The Morgan fingerprint density at radius 2 is 1.39 bits per heavy atom. The molecule has 0 aliphatic heterocycles. The molecule has 7 rings (SSSR count). The summed E-state index contributed by atoms with van der Waals surface area (Å²) in [6, 6.07) is 38.5. The maximum absolute atomic E-state index is 6.52. The Balaban J connectivity index is 1.38. The van der Waals surface area contributed by atoms with Crippen LogP contribution in [0.1, 0.15) is 62.7 Å². The first kappa shape index (κ1) is 29.5. The number of pyridine rings is 1. The number of aryl methyl sites for hydroxylation is 2. The molecule has 0 N–H and O–H groups in total. The number of rotatable bonds is 6. The summed E-state index contributed by atoms with van der Waals surface area (Å²) in [6.45, 7) is 15.4. The second kappa shape index (κ2) is 11.0. The fourth-order valence-corrected chi connectivity index (χ4v) is 6.43. The molecule has 0 saturated carbocycles.